The second-order valence-corrected chi connectivity index (χ2v) is 6.15. The van der Waals surface area contributed by atoms with Gasteiger partial charge in [-0.05, 0) is 36.6 Å². The van der Waals surface area contributed by atoms with E-state index in [2.05, 4.69) is 20.3 Å². The molecule has 0 bridgehead atoms. The Labute approximate surface area is 135 Å². The van der Waals surface area contributed by atoms with Crippen LogP contribution < -0.4 is 5.32 Å². The number of thioether (sulfide) groups is 1. The van der Waals surface area contributed by atoms with Crippen LogP contribution in [0.5, 0.6) is 0 Å². The summed E-state index contributed by atoms with van der Waals surface area (Å²) in [4.78, 5) is 14.2. The van der Waals surface area contributed by atoms with Gasteiger partial charge in [-0.15, -0.1) is 0 Å². The van der Waals surface area contributed by atoms with E-state index in [-0.39, 0.29) is 5.82 Å². The Kier molecular flexibility index (Phi) is 4.35. The van der Waals surface area contributed by atoms with Crippen LogP contribution in [0, 0.1) is 5.82 Å². The largest absolute Gasteiger partial charge is 0.365 e. The fraction of sp³-hybridized carbons (Fsp3) is 0.133. The van der Waals surface area contributed by atoms with E-state index >= 15 is 0 Å². The van der Waals surface area contributed by atoms with Gasteiger partial charge in [0.15, 0.2) is 10.3 Å². The second-order valence-electron chi connectivity index (χ2n) is 4.38. The maximum atomic E-state index is 13.1. The number of halogens is 1. The third-order valence-electron chi connectivity index (χ3n) is 3.01. The van der Waals surface area contributed by atoms with E-state index in [0.717, 1.165) is 27.0 Å². The number of hydrogen-bond donors (Lipinski definition) is 1. The van der Waals surface area contributed by atoms with Gasteiger partial charge >= 0.3 is 0 Å². The number of hydrogen-bond acceptors (Lipinski definition) is 6. The van der Waals surface area contributed by atoms with E-state index in [1.807, 2.05) is 19.4 Å². The predicted molar refractivity (Wildman–Crippen MR) is 89.9 cm³/mol. The van der Waals surface area contributed by atoms with Crippen molar-refractivity contribution in [3.63, 3.8) is 0 Å². The molecule has 0 fully saturated rings. The Morgan fingerprint density at radius 1 is 1.14 bits per heavy atom. The summed E-state index contributed by atoms with van der Waals surface area (Å²) in [5, 5.41) is 4.55. The van der Waals surface area contributed by atoms with Crippen molar-refractivity contribution in [3.8, 4) is 21.8 Å². The summed E-state index contributed by atoms with van der Waals surface area (Å²) < 4.78 is 13.1. The fourth-order valence-electron chi connectivity index (χ4n) is 1.97. The first-order valence-electron chi connectivity index (χ1n) is 6.53. The molecule has 112 valence electrons. The minimum Gasteiger partial charge on any atom is -0.365 e. The molecule has 0 spiro atoms. The summed E-state index contributed by atoms with van der Waals surface area (Å²) in [5.41, 5.74) is 2.47. The van der Waals surface area contributed by atoms with Crippen molar-refractivity contribution < 1.29 is 4.39 Å². The number of aromatic nitrogens is 3. The molecule has 0 amide bonds. The number of nitrogens with zero attached hydrogens (tertiary/aromatic N) is 3. The molecule has 0 saturated heterocycles. The zero-order chi connectivity index (χ0) is 15.5. The van der Waals surface area contributed by atoms with Crippen molar-refractivity contribution in [1.82, 2.24) is 15.0 Å². The van der Waals surface area contributed by atoms with E-state index < -0.39 is 0 Å². The average Bonchev–Trinajstić information content (AvgIpc) is 3.00. The van der Waals surface area contributed by atoms with Crippen LogP contribution in [0.25, 0.3) is 21.8 Å². The molecule has 2 heterocycles. The standard InChI is InChI=1S/C15H13FN4S2/c1-17-14-20-12(9-3-5-10(16)6-4-9)13(22-14)11-7-8-18-15(19-11)21-2/h3-8H,1-2H3,(H,17,20). The highest BCUT2D eigenvalue weighted by Crippen LogP contribution is 2.38. The molecule has 1 aromatic carbocycles. The Balaban J connectivity index is 2.14. The Morgan fingerprint density at radius 2 is 1.91 bits per heavy atom. The fourth-order valence-corrected chi connectivity index (χ4v) is 3.24. The highest BCUT2D eigenvalue weighted by molar-refractivity contribution is 7.98. The maximum absolute atomic E-state index is 13.1. The smallest absolute Gasteiger partial charge is 0.187 e. The van der Waals surface area contributed by atoms with Gasteiger partial charge in [-0.3, -0.25) is 0 Å². The summed E-state index contributed by atoms with van der Waals surface area (Å²) in [6.07, 6.45) is 3.67. The lowest BCUT2D eigenvalue weighted by atomic mass is 10.1. The highest BCUT2D eigenvalue weighted by atomic mass is 32.2. The number of anilines is 1. The molecule has 0 atom stereocenters. The summed E-state index contributed by atoms with van der Waals surface area (Å²) in [6, 6.07) is 8.18. The van der Waals surface area contributed by atoms with Crippen LogP contribution in [0.2, 0.25) is 0 Å². The molecule has 3 rings (SSSR count). The van der Waals surface area contributed by atoms with Crippen LogP contribution in [0.15, 0.2) is 41.7 Å². The molecule has 0 aliphatic heterocycles. The van der Waals surface area contributed by atoms with Gasteiger partial charge in [-0.25, -0.2) is 19.3 Å². The Morgan fingerprint density at radius 3 is 2.59 bits per heavy atom. The zero-order valence-corrected chi connectivity index (χ0v) is 13.6. The molecule has 22 heavy (non-hydrogen) atoms. The Bertz CT molecular complexity index is 786. The lowest BCUT2D eigenvalue weighted by Crippen LogP contribution is -1.90. The maximum Gasteiger partial charge on any atom is 0.187 e. The number of nitrogens with one attached hydrogen (secondary N) is 1. The minimum atomic E-state index is -0.263. The van der Waals surface area contributed by atoms with Crippen LogP contribution >= 0.6 is 23.1 Å². The molecule has 0 aliphatic rings. The van der Waals surface area contributed by atoms with Gasteiger partial charge in [0.1, 0.15) is 5.82 Å². The van der Waals surface area contributed by atoms with Crippen molar-refractivity contribution in [3.05, 3.63) is 42.3 Å². The van der Waals surface area contributed by atoms with Crippen LogP contribution in [0.1, 0.15) is 0 Å². The SMILES string of the molecule is CNc1nc(-c2ccc(F)cc2)c(-c2ccnc(SC)n2)s1. The molecule has 4 nitrogen and oxygen atoms in total. The van der Waals surface area contributed by atoms with E-state index in [1.54, 1.807) is 18.3 Å². The molecular weight excluding hydrogens is 319 g/mol. The first-order chi connectivity index (χ1) is 10.7. The van der Waals surface area contributed by atoms with E-state index in [1.165, 1.54) is 35.2 Å². The molecule has 0 aliphatic carbocycles. The van der Waals surface area contributed by atoms with Crippen molar-refractivity contribution in [2.75, 3.05) is 18.6 Å². The summed E-state index contributed by atoms with van der Waals surface area (Å²) in [6.45, 7) is 0. The second kappa shape index (κ2) is 6.41. The molecule has 1 N–H and O–H groups in total. The van der Waals surface area contributed by atoms with E-state index in [4.69, 9.17) is 0 Å². The third kappa shape index (κ3) is 2.95. The monoisotopic (exact) mass is 332 g/mol. The summed E-state index contributed by atoms with van der Waals surface area (Å²) in [7, 11) is 1.82. The van der Waals surface area contributed by atoms with Gasteiger partial charge in [0.05, 0.1) is 16.3 Å². The number of benzene rings is 1. The lowest BCUT2D eigenvalue weighted by Gasteiger charge is -2.03. The lowest BCUT2D eigenvalue weighted by molar-refractivity contribution is 0.628. The van der Waals surface area contributed by atoms with Gasteiger partial charge < -0.3 is 5.32 Å². The van der Waals surface area contributed by atoms with Gasteiger partial charge in [-0.1, -0.05) is 23.1 Å². The normalized spacial score (nSPS) is 10.7. The summed E-state index contributed by atoms with van der Waals surface area (Å²) in [5.74, 6) is -0.263. The van der Waals surface area contributed by atoms with Crippen molar-refractivity contribution in [2.45, 2.75) is 5.16 Å². The molecule has 2 aromatic heterocycles. The molecule has 0 unspecified atom stereocenters. The zero-order valence-electron chi connectivity index (χ0n) is 12.0. The van der Waals surface area contributed by atoms with Crippen LogP contribution in [0.4, 0.5) is 9.52 Å². The average molecular weight is 332 g/mol. The summed E-state index contributed by atoms with van der Waals surface area (Å²) >= 11 is 3.01. The van der Waals surface area contributed by atoms with E-state index in [9.17, 15) is 4.39 Å². The number of thiazole rings is 1. The minimum absolute atomic E-state index is 0.263. The quantitative estimate of drug-likeness (QED) is 0.574. The highest BCUT2D eigenvalue weighted by Gasteiger charge is 2.16. The topological polar surface area (TPSA) is 50.7 Å². The molecule has 7 heteroatoms. The van der Waals surface area contributed by atoms with Crippen molar-refractivity contribution in [2.24, 2.45) is 0 Å². The number of rotatable bonds is 4. The van der Waals surface area contributed by atoms with E-state index in [0.29, 0.717) is 5.16 Å². The predicted octanol–water partition coefficient (Wildman–Crippen LogP) is 4.17. The molecule has 0 radical (unpaired) electrons. The van der Waals surface area contributed by atoms with Gasteiger partial charge in [0.25, 0.3) is 0 Å². The van der Waals surface area contributed by atoms with Crippen molar-refractivity contribution >= 4 is 28.2 Å². The molecule has 3 aromatic rings. The van der Waals surface area contributed by atoms with Crippen molar-refractivity contribution in [1.29, 1.82) is 0 Å². The molecular formula is C15H13FN4S2. The van der Waals surface area contributed by atoms with Crippen LogP contribution in [-0.2, 0) is 0 Å². The molecule has 0 saturated carbocycles. The Hall–Kier alpha value is -1.99. The van der Waals surface area contributed by atoms with Crippen LogP contribution in [-0.4, -0.2) is 28.3 Å². The first kappa shape index (κ1) is 14.9. The van der Waals surface area contributed by atoms with Crippen LogP contribution in [0.3, 0.4) is 0 Å². The van der Waals surface area contributed by atoms with Gasteiger partial charge in [0, 0.05) is 18.8 Å². The third-order valence-corrected chi connectivity index (χ3v) is 4.66. The van der Waals surface area contributed by atoms with Gasteiger partial charge in [-0.2, -0.15) is 0 Å². The van der Waals surface area contributed by atoms with Gasteiger partial charge in [0.2, 0.25) is 0 Å². The first-order valence-corrected chi connectivity index (χ1v) is 8.57.